The van der Waals surface area contributed by atoms with E-state index < -0.39 is 6.10 Å². The highest BCUT2D eigenvalue weighted by Crippen LogP contribution is 2.26. The van der Waals surface area contributed by atoms with Gasteiger partial charge in [-0.25, -0.2) is 0 Å². The predicted molar refractivity (Wildman–Crippen MR) is 77.6 cm³/mol. The van der Waals surface area contributed by atoms with Crippen molar-refractivity contribution < 1.29 is 9.53 Å². The maximum atomic E-state index is 12.0. The highest BCUT2D eigenvalue weighted by Gasteiger charge is 2.32. The molecule has 4 nitrogen and oxygen atoms in total. The van der Waals surface area contributed by atoms with Crippen LogP contribution >= 0.6 is 0 Å². The van der Waals surface area contributed by atoms with E-state index in [9.17, 15) is 4.79 Å². The monoisotopic (exact) mass is 266 g/mol. The Kier molecular flexibility index (Phi) is 3.21. The molecule has 1 aliphatic heterocycles. The first-order valence-electron chi connectivity index (χ1n) is 6.38. The van der Waals surface area contributed by atoms with E-state index in [0.29, 0.717) is 6.02 Å². The summed E-state index contributed by atoms with van der Waals surface area (Å²) < 4.78 is 5.70. The Morgan fingerprint density at radius 2 is 1.60 bits per heavy atom. The van der Waals surface area contributed by atoms with Crippen molar-refractivity contribution in [3.63, 3.8) is 0 Å². The van der Waals surface area contributed by atoms with Gasteiger partial charge >= 0.3 is 6.02 Å². The van der Waals surface area contributed by atoms with E-state index in [1.807, 2.05) is 67.7 Å². The molecule has 0 aromatic heterocycles. The third kappa shape index (κ3) is 2.28. The van der Waals surface area contributed by atoms with E-state index in [2.05, 4.69) is 4.99 Å². The number of nitrogens with zero attached hydrogens (tertiary/aromatic N) is 2. The van der Waals surface area contributed by atoms with Gasteiger partial charge in [0.25, 0.3) is 5.91 Å². The molecule has 0 N–H and O–H groups in total. The molecule has 3 rings (SSSR count). The van der Waals surface area contributed by atoms with Crippen molar-refractivity contribution in [1.29, 1.82) is 0 Å². The first kappa shape index (κ1) is 12.4. The van der Waals surface area contributed by atoms with Crippen LogP contribution < -0.4 is 4.90 Å². The van der Waals surface area contributed by atoms with Gasteiger partial charge in [-0.3, -0.25) is 9.69 Å². The molecule has 20 heavy (non-hydrogen) atoms. The summed E-state index contributed by atoms with van der Waals surface area (Å²) >= 11 is 0. The van der Waals surface area contributed by atoms with E-state index in [1.165, 1.54) is 0 Å². The van der Waals surface area contributed by atoms with Gasteiger partial charge in [-0.15, -0.1) is 0 Å². The Labute approximate surface area is 117 Å². The predicted octanol–water partition coefficient (Wildman–Crippen LogP) is 2.78. The fraction of sp³-hybridized carbons (Fsp3) is 0.125. The molecule has 1 amide bonds. The normalized spacial score (nSPS) is 17.6. The van der Waals surface area contributed by atoms with Crippen molar-refractivity contribution in [2.75, 3.05) is 11.9 Å². The molecule has 0 saturated heterocycles. The zero-order chi connectivity index (χ0) is 13.9. The molecule has 1 unspecified atom stereocenters. The zero-order valence-corrected chi connectivity index (χ0v) is 11.1. The van der Waals surface area contributed by atoms with Gasteiger partial charge in [0, 0.05) is 18.3 Å². The minimum atomic E-state index is -0.641. The molecule has 1 aliphatic rings. The molecule has 0 spiro atoms. The Balaban J connectivity index is 1.81. The molecule has 0 fully saturated rings. The van der Waals surface area contributed by atoms with Gasteiger partial charge in [0.05, 0.1) is 0 Å². The number of carbonyl (C=O) groups excluding carboxylic acids is 1. The first-order valence-corrected chi connectivity index (χ1v) is 6.38. The summed E-state index contributed by atoms with van der Waals surface area (Å²) in [5.74, 6) is -0.269. The average Bonchev–Trinajstić information content (AvgIpc) is 2.90. The summed E-state index contributed by atoms with van der Waals surface area (Å²) in [7, 11) is 1.83. The molecular formula is C16H14N2O2. The van der Waals surface area contributed by atoms with Crippen LogP contribution in [0.5, 0.6) is 0 Å². The highest BCUT2D eigenvalue weighted by atomic mass is 16.5. The Hall–Kier alpha value is -2.62. The molecule has 0 bridgehead atoms. The van der Waals surface area contributed by atoms with Gasteiger partial charge < -0.3 is 4.74 Å². The van der Waals surface area contributed by atoms with Crippen LogP contribution in [-0.2, 0) is 9.53 Å². The second-order valence-corrected chi connectivity index (χ2v) is 4.54. The fourth-order valence-corrected chi connectivity index (χ4v) is 2.09. The lowest BCUT2D eigenvalue weighted by Gasteiger charge is -2.19. The second-order valence-electron chi connectivity index (χ2n) is 4.54. The number of hydrogen-bond acceptors (Lipinski definition) is 3. The summed E-state index contributed by atoms with van der Waals surface area (Å²) in [6, 6.07) is 19.4. The molecule has 1 heterocycles. The van der Waals surface area contributed by atoms with E-state index in [0.717, 1.165) is 11.3 Å². The van der Waals surface area contributed by atoms with Gasteiger partial charge in [-0.05, 0) is 12.1 Å². The minimum Gasteiger partial charge on any atom is -0.446 e. The summed E-state index contributed by atoms with van der Waals surface area (Å²) in [4.78, 5) is 17.8. The SMILES string of the molecule is CN(C1=NC(=O)C(c2ccccc2)O1)c1ccccc1. The van der Waals surface area contributed by atoms with Crippen LogP contribution in [0.15, 0.2) is 65.7 Å². The molecule has 0 radical (unpaired) electrons. The van der Waals surface area contributed by atoms with Crippen LogP contribution in [0, 0.1) is 0 Å². The second kappa shape index (κ2) is 5.17. The van der Waals surface area contributed by atoms with Gasteiger partial charge in [0.1, 0.15) is 0 Å². The number of para-hydroxylation sites is 1. The maximum Gasteiger partial charge on any atom is 0.300 e. The maximum absolute atomic E-state index is 12.0. The highest BCUT2D eigenvalue weighted by molar-refractivity contribution is 6.05. The van der Waals surface area contributed by atoms with Crippen LogP contribution in [0.3, 0.4) is 0 Å². The van der Waals surface area contributed by atoms with Crippen molar-refractivity contribution in [3.05, 3.63) is 66.2 Å². The van der Waals surface area contributed by atoms with Gasteiger partial charge in [0.15, 0.2) is 0 Å². The lowest BCUT2D eigenvalue weighted by atomic mass is 10.1. The molecule has 1 atom stereocenters. The molecule has 2 aromatic rings. The molecule has 0 aliphatic carbocycles. The number of rotatable bonds is 2. The number of aliphatic imine (C=N–C) groups is 1. The largest absolute Gasteiger partial charge is 0.446 e. The molecule has 4 heteroatoms. The molecular weight excluding hydrogens is 252 g/mol. The minimum absolute atomic E-state index is 0.269. The van der Waals surface area contributed by atoms with E-state index in [4.69, 9.17) is 4.74 Å². The Bertz CT molecular complexity index is 638. The number of benzene rings is 2. The van der Waals surface area contributed by atoms with E-state index in [-0.39, 0.29) is 5.91 Å². The number of ether oxygens (including phenoxy) is 1. The standard InChI is InChI=1S/C16H14N2O2/c1-18(13-10-6-3-7-11-13)16-17-15(19)14(20-16)12-8-4-2-5-9-12/h2-11,14H,1H3. The number of amides is 1. The van der Waals surface area contributed by atoms with Crippen LogP contribution in [0.2, 0.25) is 0 Å². The van der Waals surface area contributed by atoms with Crippen molar-refractivity contribution in [2.24, 2.45) is 4.99 Å². The third-order valence-corrected chi connectivity index (χ3v) is 3.19. The van der Waals surface area contributed by atoms with Crippen molar-refractivity contribution in [2.45, 2.75) is 6.10 Å². The van der Waals surface area contributed by atoms with Crippen molar-refractivity contribution in [1.82, 2.24) is 0 Å². The van der Waals surface area contributed by atoms with Crippen LogP contribution in [0.1, 0.15) is 11.7 Å². The Morgan fingerprint density at radius 1 is 1.00 bits per heavy atom. The van der Waals surface area contributed by atoms with E-state index >= 15 is 0 Å². The van der Waals surface area contributed by atoms with Gasteiger partial charge in [-0.2, -0.15) is 4.99 Å². The van der Waals surface area contributed by atoms with Crippen molar-refractivity contribution in [3.8, 4) is 0 Å². The summed E-state index contributed by atoms with van der Waals surface area (Å²) in [5.41, 5.74) is 1.74. The van der Waals surface area contributed by atoms with Crippen LogP contribution in [0.4, 0.5) is 5.69 Å². The van der Waals surface area contributed by atoms with Gasteiger partial charge in [0.2, 0.25) is 6.10 Å². The third-order valence-electron chi connectivity index (χ3n) is 3.19. The molecule has 0 saturated carbocycles. The van der Waals surface area contributed by atoms with E-state index in [1.54, 1.807) is 4.90 Å². The number of carbonyl (C=O) groups is 1. The Morgan fingerprint density at radius 3 is 2.25 bits per heavy atom. The first-order chi connectivity index (χ1) is 9.75. The van der Waals surface area contributed by atoms with Crippen molar-refractivity contribution >= 4 is 17.6 Å². The lowest BCUT2D eigenvalue weighted by molar-refractivity contribution is -0.122. The number of amidine groups is 1. The smallest absolute Gasteiger partial charge is 0.300 e. The number of hydrogen-bond donors (Lipinski definition) is 0. The fourth-order valence-electron chi connectivity index (χ4n) is 2.09. The average molecular weight is 266 g/mol. The topological polar surface area (TPSA) is 41.9 Å². The van der Waals surface area contributed by atoms with Crippen LogP contribution in [-0.4, -0.2) is 19.0 Å². The zero-order valence-electron chi connectivity index (χ0n) is 11.1. The van der Waals surface area contributed by atoms with Gasteiger partial charge in [-0.1, -0.05) is 48.5 Å². The lowest BCUT2D eigenvalue weighted by Crippen LogP contribution is -2.26. The summed E-state index contributed by atoms with van der Waals surface area (Å²) in [6.45, 7) is 0. The summed E-state index contributed by atoms with van der Waals surface area (Å²) in [6.07, 6.45) is -0.641. The molecule has 100 valence electrons. The quantitative estimate of drug-likeness (QED) is 0.839. The summed E-state index contributed by atoms with van der Waals surface area (Å²) in [5, 5.41) is 0. The number of anilines is 1. The molecule has 2 aromatic carbocycles. The van der Waals surface area contributed by atoms with Crippen LogP contribution in [0.25, 0.3) is 0 Å².